The Morgan fingerprint density at radius 1 is 1.02 bits per heavy atom. The van der Waals surface area contributed by atoms with Crippen molar-refractivity contribution in [3.05, 3.63) is 76.7 Å². The second-order valence-electron chi connectivity index (χ2n) is 10.3. The largest absolute Gasteiger partial charge is 0.493 e. The van der Waals surface area contributed by atoms with E-state index in [0.29, 0.717) is 40.8 Å². The van der Waals surface area contributed by atoms with E-state index < -0.39 is 15.8 Å². The Balaban J connectivity index is 1.30. The quantitative estimate of drug-likeness (QED) is 0.165. The number of piperidine rings is 1. The van der Waals surface area contributed by atoms with Crippen molar-refractivity contribution in [1.29, 1.82) is 0 Å². The summed E-state index contributed by atoms with van der Waals surface area (Å²) in [5, 5.41) is 0.772. The molecule has 1 saturated heterocycles. The number of sulfonamides is 1. The molecule has 1 fully saturated rings. The molecule has 12 heteroatoms. The van der Waals surface area contributed by atoms with E-state index in [-0.39, 0.29) is 26.4 Å². The average molecular weight is 649 g/mol. The van der Waals surface area contributed by atoms with Gasteiger partial charge in [-0.2, -0.15) is 0 Å². The minimum absolute atomic E-state index is 0.0151. The molecule has 0 saturated carbocycles. The number of hydrogen-bond donors (Lipinski definition) is 1. The van der Waals surface area contributed by atoms with Crippen molar-refractivity contribution in [2.45, 2.75) is 43.5 Å². The third-order valence-corrected chi connectivity index (χ3v) is 9.46. The molecule has 3 aromatic carbocycles. The summed E-state index contributed by atoms with van der Waals surface area (Å²) in [6.07, 6.45) is 6.22. The lowest BCUT2D eigenvalue weighted by atomic mass is 10.0. The van der Waals surface area contributed by atoms with Crippen LogP contribution in [0.4, 0.5) is 10.1 Å². The van der Waals surface area contributed by atoms with Crippen LogP contribution < -0.4 is 18.9 Å². The van der Waals surface area contributed by atoms with Crippen molar-refractivity contribution in [3.8, 4) is 23.0 Å². The first-order valence-electron chi connectivity index (χ1n) is 13.9. The Bertz CT molecular complexity index is 1720. The zero-order valence-corrected chi connectivity index (χ0v) is 26.1. The highest BCUT2D eigenvalue weighted by atomic mass is 35.5. The number of fused-ring (bicyclic) bond motifs is 1. The summed E-state index contributed by atoms with van der Waals surface area (Å²) in [6, 6.07) is 13.5. The Morgan fingerprint density at radius 2 is 1.86 bits per heavy atom. The van der Waals surface area contributed by atoms with Gasteiger partial charge in [0, 0.05) is 41.3 Å². The van der Waals surface area contributed by atoms with E-state index in [4.69, 9.17) is 37.4 Å². The van der Waals surface area contributed by atoms with E-state index in [9.17, 15) is 8.42 Å². The van der Waals surface area contributed by atoms with Gasteiger partial charge in [0.2, 0.25) is 0 Å². The van der Waals surface area contributed by atoms with Gasteiger partial charge < -0.3 is 19.1 Å². The van der Waals surface area contributed by atoms with Crippen LogP contribution in [0.15, 0.2) is 65.7 Å². The summed E-state index contributed by atoms with van der Waals surface area (Å²) in [6.45, 7) is 4.92. The molecule has 1 N–H and O–H groups in total. The van der Waals surface area contributed by atoms with E-state index in [0.717, 1.165) is 25.6 Å². The molecule has 0 radical (unpaired) electrons. The molecule has 1 aliphatic rings. The van der Waals surface area contributed by atoms with Crippen molar-refractivity contribution >= 4 is 49.8 Å². The Morgan fingerprint density at radius 3 is 2.63 bits per heavy atom. The zero-order valence-electron chi connectivity index (χ0n) is 23.8. The SMILES string of the molecule is COc1cc2c(Oc3ccc(NS(=O)(=O)c4cc(Cl)ccc4Cl)cc3F)ccnc2cc1OCCCN1CCCCC1C. The molecular weight excluding hydrogens is 616 g/mol. The lowest BCUT2D eigenvalue weighted by Crippen LogP contribution is -2.38. The number of benzene rings is 3. The third-order valence-electron chi connectivity index (χ3n) is 7.36. The van der Waals surface area contributed by atoms with Gasteiger partial charge >= 0.3 is 0 Å². The molecule has 2 heterocycles. The van der Waals surface area contributed by atoms with Crippen LogP contribution in [0.25, 0.3) is 10.9 Å². The number of pyridine rings is 1. The van der Waals surface area contributed by atoms with E-state index in [2.05, 4.69) is 21.5 Å². The molecule has 0 amide bonds. The molecule has 5 rings (SSSR count). The normalized spacial score (nSPS) is 15.8. The maximum Gasteiger partial charge on any atom is 0.263 e. The Kier molecular flexibility index (Phi) is 9.81. The van der Waals surface area contributed by atoms with Crippen molar-refractivity contribution in [2.75, 3.05) is 31.5 Å². The zero-order chi connectivity index (χ0) is 30.6. The maximum atomic E-state index is 15.1. The van der Waals surface area contributed by atoms with E-state index in [1.54, 1.807) is 31.5 Å². The van der Waals surface area contributed by atoms with E-state index in [1.807, 2.05) is 0 Å². The highest BCUT2D eigenvalue weighted by Gasteiger charge is 2.21. The van der Waals surface area contributed by atoms with E-state index in [1.165, 1.54) is 49.6 Å². The molecular formula is C31H32Cl2FN3O5S. The number of rotatable bonds is 11. The van der Waals surface area contributed by atoms with Crippen LogP contribution in [0.3, 0.4) is 0 Å². The van der Waals surface area contributed by atoms with Crippen LogP contribution in [0.5, 0.6) is 23.0 Å². The van der Waals surface area contributed by atoms with Gasteiger partial charge in [0.05, 0.1) is 29.9 Å². The summed E-state index contributed by atoms with van der Waals surface area (Å²) in [5.74, 6) is 0.516. The van der Waals surface area contributed by atoms with Crippen LogP contribution in [-0.2, 0) is 10.0 Å². The predicted octanol–water partition coefficient (Wildman–Crippen LogP) is 7.93. The van der Waals surface area contributed by atoms with E-state index >= 15 is 4.39 Å². The van der Waals surface area contributed by atoms with Gasteiger partial charge in [0.1, 0.15) is 10.6 Å². The average Bonchev–Trinajstić information content (AvgIpc) is 2.98. The lowest BCUT2D eigenvalue weighted by Gasteiger charge is -2.33. The molecule has 1 atom stereocenters. The highest BCUT2D eigenvalue weighted by Crippen LogP contribution is 2.38. The van der Waals surface area contributed by atoms with Gasteiger partial charge in [-0.15, -0.1) is 0 Å². The molecule has 0 aliphatic carbocycles. The number of nitrogens with one attached hydrogen (secondary N) is 1. The maximum absolute atomic E-state index is 15.1. The van der Waals surface area contributed by atoms with Gasteiger partial charge in [-0.1, -0.05) is 29.6 Å². The molecule has 8 nitrogen and oxygen atoms in total. The number of likely N-dealkylation sites (tertiary alicyclic amines) is 1. The molecule has 4 aromatic rings. The first-order valence-corrected chi connectivity index (χ1v) is 16.2. The van der Waals surface area contributed by atoms with Crippen molar-refractivity contribution in [2.24, 2.45) is 0 Å². The molecule has 228 valence electrons. The minimum atomic E-state index is -4.12. The summed E-state index contributed by atoms with van der Waals surface area (Å²) in [7, 11) is -2.57. The monoisotopic (exact) mass is 647 g/mol. The predicted molar refractivity (Wildman–Crippen MR) is 167 cm³/mol. The fourth-order valence-electron chi connectivity index (χ4n) is 5.09. The number of methoxy groups -OCH3 is 1. The molecule has 1 aromatic heterocycles. The van der Waals surface area contributed by atoms with Crippen LogP contribution in [0.2, 0.25) is 10.0 Å². The third kappa shape index (κ3) is 7.44. The fourth-order valence-corrected chi connectivity index (χ4v) is 6.90. The summed E-state index contributed by atoms with van der Waals surface area (Å²) < 4.78 is 60.7. The number of anilines is 1. The summed E-state index contributed by atoms with van der Waals surface area (Å²) >= 11 is 12.0. The molecule has 0 bridgehead atoms. The number of ether oxygens (including phenoxy) is 3. The first kappa shape index (κ1) is 31.1. The minimum Gasteiger partial charge on any atom is -0.493 e. The number of aromatic nitrogens is 1. The van der Waals surface area contributed by atoms with Gasteiger partial charge in [0.15, 0.2) is 23.1 Å². The van der Waals surface area contributed by atoms with Gasteiger partial charge in [0.25, 0.3) is 10.0 Å². The Hall–Kier alpha value is -3.31. The molecule has 43 heavy (non-hydrogen) atoms. The topological polar surface area (TPSA) is 90.0 Å². The number of halogens is 3. The lowest BCUT2D eigenvalue weighted by molar-refractivity contribution is 0.148. The molecule has 1 unspecified atom stereocenters. The van der Waals surface area contributed by atoms with Crippen molar-refractivity contribution in [3.63, 3.8) is 0 Å². The molecule has 0 spiro atoms. The van der Waals surface area contributed by atoms with Crippen LogP contribution in [0.1, 0.15) is 32.6 Å². The van der Waals surface area contributed by atoms with Crippen LogP contribution >= 0.6 is 23.2 Å². The summed E-state index contributed by atoms with van der Waals surface area (Å²) in [4.78, 5) is 6.72. The van der Waals surface area contributed by atoms with Gasteiger partial charge in [-0.25, -0.2) is 12.8 Å². The number of hydrogen-bond acceptors (Lipinski definition) is 7. The molecule has 1 aliphatic heterocycles. The number of nitrogens with zero attached hydrogens (tertiary/aromatic N) is 2. The standard InChI is InChI=1S/C31H32Cl2FN3O5S/c1-20-6-3-4-13-37(20)14-5-15-41-30-19-26-23(18-29(30)40-2)27(11-12-35-26)42-28-10-8-22(17-25(28)34)36-43(38,39)31-16-21(32)7-9-24(31)33/h7-12,16-20,36H,3-6,13-15H2,1-2H3. The van der Waals surface area contributed by atoms with Crippen molar-refractivity contribution in [1.82, 2.24) is 9.88 Å². The Labute approximate surface area is 260 Å². The second-order valence-corrected chi connectivity index (χ2v) is 12.8. The first-order chi connectivity index (χ1) is 20.6. The fraction of sp³-hybridized carbons (Fsp3) is 0.323. The van der Waals surface area contributed by atoms with Gasteiger partial charge in [-0.05, 0) is 75.2 Å². The summed E-state index contributed by atoms with van der Waals surface area (Å²) in [5.41, 5.74) is 0.569. The van der Waals surface area contributed by atoms with Crippen molar-refractivity contribution < 1.29 is 27.0 Å². The van der Waals surface area contributed by atoms with Crippen LogP contribution in [-0.4, -0.2) is 51.1 Å². The highest BCUT2D eigenvalue weighted by molar-refractivity contribution is 7.92. The smallest absolute Gasteiger partial charge is 0.263 e. The second kappa shape index (κ2) is 13.5. The van der Waals surface area contributed by atoms with Crippen LogP contribution in [0, 0.1) is 5.82 Å². The van der Waals surface area contributed by atoms with Gasteiger partial charge in [-0.3, -0.25) is 9.71 Å².